The van der Waals surface area contributed by atoms with Crippen molar-refractivity contribution in [3.8, 4) is 0 Å². The Morgan fingerprint density at radius 3 is 2.09 bits per heavy atom. The topological polar surface area (TPSA) is 86.8 Å². The third-order valence-electron chi connectivity index (χ3n) is 7.57. The van der Waals surface area contributed by atoms with E-state index in [-0.39, 0.29) is 29.8 Å². The number of anilines is 1. The summed E-state index contributed by atoms with van der Waals surface area (Å²) in [6, 6.07) is 28.1. The summed E-state index contributed by atoms with van der Waals surface area (Å²) in [5.41, 5.74) is 2.72. The zero-order chi connectivity index (χ0) is 32.6. The highest BCUT2D eigenvalue weighted by atomic mass is 35.5. The molecule has 0 radical (unpaired) electrons. The first-order valence-corrected chi connectivity index (χ1v) is 16.9. The predicted octanol–water partition coefficient (Wildman–Crippen LogP) is 7.05. The van der Waals surface area contributed by atoms with Crippen LogP contribution in [0.1, 0.15) is 37.0 Å². The lowest BCUT2D eigenvalue weighted by atomic mass is 10.0. The van der Waals surface area contributed by atoms with E-state index in [2.05, 4.69) is 5.32 Å². The van der Waals surface area contributed by atoms with Gasteiger partial charge in [-0.2, -0.15) is 0 Å². The van der Waals surface area contributed by atoms with Gasteiger partial charge in [-0.05, 0) is 73.9 Å². The minimum Gasteiger partial charge on any atom is -0.352 e. The number of benzene rings is 4. The number of halogens is 2. The van der Waals surface area contributed by atoms with E-state index in [1.165, 1.54) is 29.2 Å². The van der Waals surface area contributed by atoms with Crippen LogP contribution in [0.25, 0.3) is 0 Å². The molecule has 2 amide bonds. The van der Waals surface area contributed by atoms with E-state index in [0.717, 1.165) is 15.4 Å². The maximum atomic E-state index is 14.5. The molecule has 7 nitrogen and oxygen atoms in total. The first kappa shape index (κ1) is 34.0. The zero-order valence-corrected chi connectivity index (χ0v) is 27.8. The minimum absolute atomic E-state index is 0.00728. The Labute approximate surface area is 275 Å². The van der Waals surface area contributed by atoms with Crippen molar-refractivity contribution in [1.82, 2.24) is 10.2 Å². The van der Waals surface area contributed by atoms with E-state index in [9.17, 15) is 18.0 Å². The molecule has 0 heterocycles. The quantitative estimate of drug-likeness (QED) is 0.166. The highest BCUT2D eigenvalue weighted by molar-refractivity contribution is 7.92. The number of carbonyl (C=O) groups is 2. The Kier molecular flexibility index (Phi) is 11.7. The van der Waals surface area contributed by atoms with Crippen LogP contribution >= 0.6 is 23.2 Å². The molecule has 0 aliphatic rings. The van der Waals surface area contributed by atoms with Gasteiger partial charge in [-0.15, -0.1) is 0 Å². The molecule has 0 saturated heterocycles. The molecule has 0 bridgehead atoms. The highest BCUT2D eigenvalue weighted by Gasteiger charge is 2.35. The molecule has 0 aliphatic heterocycles. The molecule has 4 aromatic carbocycles. The molecule has 0 spiro atoms. The van der Waals surface area contributed by atoms with Gasteiger partial charge >= 0.3 is 0 Å². The van der Waals surface area contributed by atoms with Gasteiger partial charge in [0.15, 0.2) is 0 Å². The van der Waals surface area contributed by atoms with Gasteiger partial charge in [-0.25, -0.2) is 8.42 Å². The third kappa shape index (κ3) is 8.87. The number of rotatable bonds is 13. The van der Waals surface area contributed by atoms with E-state index < -0.39 is 28.5 Å². The molecule has 0 saturated carbocycles. The van der Waals surface area contributed by atoms with Gasteiger partial charge in [0.1, 0.15) is 12.6 Å². The monoisotopic (exact) mass is 665 g/mol. The fraction of sp³-hybridized carbons (Fsp3) is 0.257. The van der Waals surface area contributed by atoms with Crippen molar-refractivity contribution < 1.29 is 18.0 Å². The maximum absolute atomic E-state index is 14.5. The van der Waals surface area contributed by atoms with Crippen LogP contribution in [0.15, 0.2) is 108 Å². The number of hydrogen-bond donors (Lipinski definition) is 1. The van der Waals surface area contributed by atoms with Gasteiger partial charge in [0.25, 0.3) is 10.0 Å². The van der Waals surface area contributed by atoms with Crippen LogP contribution in [0.3, 0.4) is 0 Å². The van der Waals surface area contributed by atoms with Gasteiger partial charge in [0.05, 0.1) is 10.6 Å². The molecule has 4 aromatic rings. The summed E-state index contributed by atoms with van der Waals surface area (Å²) in [5, 5.41) is 3.84. The van der Waals surface area contributed by atoms with Gasteiger partial charge in [-0.3, -0.25) is 13.9 Å². The smallest absolute Gasteiger partial charge is 0.264 e. The summed E-state index contributed by atoms with van der Waals surface area (Å²) in [7, 11) is -4.22. The Morgan fingerprint density at radius 1 is 0.844 bits per heavy atom. The summed E-state index contributed by atoms with van der Waals surface area (Å²) in [4.78, 5) is 29.8. The third-order valence-corrected chi connectivity index (χ3v) is 9.98. The van der Waals surface area contributed by atoms with Gasteiger partial charge in [0.2, 0.25) is 11.8 Å². The van der Waals surface area contributed by atoms with E-state index in [4.69, 9.17) is 23.2 Å². The fourth-order valence-electron chi connectivity index (χ4n) is 4.78. The number of amides is 2. The van der Waals surface area contributed by atoms with Crippen LogP contribution in [-0.4, -0.2) is 43.8 Å². The van der Waals surface area contributed by atoms with Crippen LogP contribution in [0, 0.1) is 6.92 Å². The van der Waals surface area contributed by atoms with E-state index in [1.54, 1.807) is 48.5 Å². The van der Waals surface area contributed by atoms with Crippen molar-refractivity contribution in [2.24, 2.45) is 0 Å². The van der Waals surface area contributed by atoms with Crippen LogP contribution in [-0.2, 0) is 32.6 Å². The summed E-state index contributed by atoms with van der Waals surface area (Å²) < 4.78 is 29.3. The van der Waals surface area contributed by atoms with Crippen molar-refractivity contribution in [3.05, 3.63) is 130 Å². The molecular weight excluding hydrogens is 629 g/mol. The Morgan fingerprint density at radius 2 is 1.47 bits per heavy atom. The lowest BCUT2D eigenvalue weighted by molar-refractivity contribution is -0.140. The molecular formula is C35H37Cl2N3O4S. The summed E-state index contributed by atoms with van der Waals surface area (Å²) in [6.07, 6.45) is 0.913. The van der Waals surface area contributed by atoms with Crippen LogP contribution in [0.2, 0.25) is 10.0 Å². The summed E-state index contributed by atoms with van der Waals surface area (Å²) in [6.45, 7) is 5.19. The molecule has 2 atom stereocenters. The van der Waals surface area contributed by atoms with E-state index in [1.807, 2.05) is 51.1 Å². The predicted molar refractivity (Wildman–Crippen MR) is 181 cm³/mol. The second kappa shape index (κ2) is 15.4. The molecule has 1 N–H and O–H groups in total. The first-order valence-electron chi connectivity index (χ1n) is 14.7. The van der Waals surface area contributed by atoms with E-state index in [0.29, 0.717) is 27.7 Å². The van der Waals surface area contributed by atoms with Gasteiger partial charge < -0.3 is 10.2 Å². The Bertz CT molecular complexity index is 1700. The largest absolute Gasteiger partial charge is 0.352 e. The standard InChI is InChI=1S/C35H37Cl2N3O4S/c1-4-26(3)38-35(42)33(22-27-10-6-5-7-11-27)39(23-28-12-8-9-13-32(28)37)34(41)24-40(30-18-14-25(2)15-19-30)45(43,44)31-20-16-29(36)17-21-31/h5-21,26,33H,4,22-24H2,1-3H3,(H,38,42)/t26-,33-/m0/s1. The first-order chi connectivity index (χ1) is 21.5. The molecule has 4 rings (SSSR count). The molecule has 0 aromatic heterocycles. The molecule has 10 heteroatoms. The maximum Gasteiger partial charge on any atom is 0.264 e. The van der Waals surface area contributed by atoms with E-state index >= 15 is 0 Å². The number of carbonyl (C=O) groups excluding carboxylic acids is 2. The normalized spacial score (nSPS) is 12.6. The number of sulfonamides is 1. The van der Waals surface area contributed by atoms with Gasteiger partial charge in [0, 0.05) is 29.1 Å². The lowest BCUT2D eigenvalue weighted by Gasteiger charge is -2.34. The lowest BCUT2D eigenvalue weighted by Crippen LogP contribution is -2.54. The molecule has 45 heavy (non-hydrogen) atoms. The molecule has 0 aliphatic carbocycles. The summed E-state index contributed by atoms with van der Waals surface area (Å²) in [5.74, 6) is -0.899. The van der Waals surface area contributed by atoms with Crippen molar-refractivity contribution in [1.29, 1.82) is 0 Å². The minimum atomic E-state index is -4.22. The number of aryl methyl sites for hydroxylation is 1. The number of nitrogens with one attached hydrogen (secondary N) is 1. The van der Waals surface area contributed by atoms with Gasteiger partial charge in [-0.1, -0.05) is 96.4 Å². The second-order valence-electron chi connectivity index (χ2n) is 10.9. The highest BCUT2D eigenvalue weighted by Crippen LogP contribution is 2.27. The molecule has 0 unspecified atom stereocenters. The Hall–Kier alpha value is -3.85. The number of hydrogen-bond acceptors (Lipinski definition) is 4. The van der Waals surface area contributed by atoms with Crippen LogP contribution < -0.4 is 9.62 Å². The van der Waals surface area contributed by atoms with Crippen molar-refractivity contribution in [2.45, 2.75) is 57.1 Å². The SMILES string of the molecule is CC[C@H](C)NC(=O)[C@H](Cc1ccccc1)N(Cc1ccccc1Cl)C(=O)CN(c1ccc(C)cc1)S(=O)(=O)c1ccc(Cl)cc1. The Balaban J connectivity index is 1.81. The average molecular weight is 667 g/mol. The van der Waals surface area contributed by atoms with Crippen molar-refractivity contribution in [2.75, 3.05) is 10.8 Å². The fourth-order valence-corrected chi connectivity index (χ4v) is 6.51. The number of nitrogens with zero attached hydrogens (tertiary/aromatic N) is 2. The van der Waals surface area contributed by atoms with Crippen molar-refractivity contribution >= 4 is 50.7 Å². The van der Waals surface area contributed by atoms with Crippen molar-refractivity contribution in [3.63, 3.8) is 0 Å². The second-order valence-corrected chi connectivity index (χ2v) is 13.6. The van der Waals surface area contributed by atoms with Crippen LogP contribution in [0.4, 0.5) is 5.69 Å². The average Bonchev–Trinajstić information content (AvgIpc) is 3.03. The zero-order valence-electron chi connectivity index (χ0n) is 25.5. The molecule has 236 valence electrons. The van der Waals surface area contributed by atoms with Crippen LogP contribution in [0.5, 0.6) is 0 Å². The summed E-state index contributed by atoms with van der Waals surface area (Å²) >= 11 is 12.6. The molecule has 0 fully saturated rings.